The number of carbonyl (C=O) groups excluding carboxylic acids is 3. The van der Waals surface area contributed by atoms with Crippen molar-refractivity contribution in [2.75, 3.05) is 13.2 Å². The van der Waals surface area contributed by atoms with Crippen molar-refractivity contribution >= 4 is 18.3 Å². The van der Waals surface area contributed by atoms with Crippen molar-refractivity contribution in [3.63, 3.8) is 0 Å². The highest BCUT2D eigenvalue weighted by Crippen LogP contribution is 2.43. The van der Waals surface area contributed by atoms with Gasteiger partial charge in [0.2, 0.25) is 5.60 Å². The van der Waals surface area contributed by atoms with Crippen LogP contribution in [0.15, 0.2) is 30.3 Å². The molecule has 1 saturated carbocycles. The fraction of sp³-hybridized carbons (Fsp3) is 0.625. The van der Waals surface area contributed by atoms with Crippen LogP contribution in [0, 0.1) is 17.8 Å². The first-order chi connectivity index (χ1) is 14.8. The van der Waals surface area contributed by atoms with Crippen LogP contribution >= 0.6 is 0 Å². The summed E-state index contributed by atoms with van der Waals surface area (Å²) >= 11 is 0. The van der Waals surface area contributed by atoms with Gasteiger partial charge in [0.15, 0.2) is 0 Å². The molecule has 1 fully saturated rings. The molecule has 0 spiro atoms. The Morgan fingerprint density at radius 1 is 0.871 bits per heavy atom. The lowest BCUT2D eigenvalue weighted by molar-refractivity contribution is -0.175. The molecule has 31 heavy (non-hydrogen) atoms. The largest absolute Gasteiger partial charge is 0.516 e. The average molecular weight is 435 g/mol. The van der Waals surface area contributed by atoms with Crippen molar-refractivity contribution in [3.05, 3.63) is 35.9 Å². The number of carbonyl (C=O) groups is 3. The van der Waals surface area contributed by atoms with Gasteiger partial charge in [-0.05, 0) is 24.7 Å². The molecule has 1 aliphatic rings. The highest BCUT2D eigenvalue weighted by molar-refractivity contribution is 5.90. The van der Waals surface area contributed by atoms with E-state index in [-0.39, 0.29) is 31.0 Å². The Balaban J connectivity index is 2.39. The van der Waals surface area contributed by atoms with Crippen LogP contribution in [-0.2, 0) is 29.3 Å². The molecular formula is C24H34O7. The molecule has 0 heterocycles. The molecule has 1 atom stereocenters. The number of ether oxygens (including phenoxy) is 4. The van der Waals surface area contributed by atoms with E-state index in [0.717, 1.165) is 19.3 Å². The van der Waals surface area contributed by atoms with Crippen LogP contribution in [0.2, 0.25) is 0 Å². The van der Waals surface area contributed by atoms with Crippen LogP contribution in [0.1, 0.15) is 65.4 Å². The van der Waals surface area contributed by atoms with Gasteiger partial charge in [-0.25, -0.2) is 14.4 Å². The van der Waals surface area contributed by atoms with Gasteiger partial charge in [-0.1, -0.05) is 77.3 Å². The van der Waals surface area contributed by atoms with Crippen molar-refractivity contribution in [1.82, 2.24) is 0 Å². The summed E-state index contributed by atoms with van der Waals surface area (Å²) < 4.78 is 21.1. The Labute approximate surface area is 184 Å². The first kappa shape index (κ1) is 24.7. The van der Waals surface area contributed by atoms with Crippen LogP contribution in [0.5, 0.6) is 0 Å². The lowest BCUT2D eigenvalue weighted by atomic mass is 9.73. The predicted molar refractivity (Wildman–Crippen MR) is 114 cm³/mol. The SMILES string of the molecule is CC(C)COC(=O)OC(=O)[C@@](OC(=O)OCC(C)C)(c1ccccc1)C1CCCCC1. The fourth-order valence-electron chi connectivity index (χ4n) is 3.71. The molecule has 0 amide bonds. The van der Waals surface area contributed by atoms with E-state index >= 15 is 0 Å². The molecule has 0 aromatic heterocycles. The summed E-state index contributed by atoms with van der Waals surface area (Å²) in [6, 6.07) is 8.70. The molecule has 0 saturated heterocycles. The molecule has 172 valence electrons. The fourth-order valence-corrected chi connectivity index (χ4v) is 3.71. The first-order valence-electron chi connectivity index (χ1n) is 11.1. The summed E-state index contributed by atoms with van der Waals surface area (Å²) in [5, 5.41) is 0. The maximum atomic E-state index is 13.4. The van der Waals surface area contributed by atoms with Crippen molar-refractivity contribution in [3.8, 4) is 0 Å². The average Bonchev–Trinajstić information content (AvgIpc) is 2.75. The standard InChI is InChI=1S/C24H34O7/c1-17(2)15-28-22(26)30-21(25)24(19-11-7-5-8-12-19,20-13-9-6-10-14-20)31-23(27)29-16-18(3)4/h5,7-8,11-12,17-18,20H,6,9-10,13-16H2,1-4H3/t24-/m1/s1. The molecule has 2 rings (SSSR count). The van der Waals surface area contributed by atoms with Crippen molar-refractivity contribution < 1.29 is 33.3 Å². The number of esters is 1. The van der Waals surface area contributed by atoms with Gasteiger partial charge < -0.3 is 18.9 Å². The number of hydrogen-bond donors (Lipinski definition) is 0. The van der Waals surface area contributed by atoms with Crippen LogP contribution in [-0.4, -0.2) is 31.5 Å². The Bertz CT molecular complexity index is 723. The minimum absolute atomic E-state index is 0.0853. The summed E-state index contributed by atoms with van der Waals surface area (Å²) in [6.07, 6.45) is 2.05. The van der Waals surface area contributed by atoms with Crippen LogP contribution < -0.4 is 0 Å². The molecule has 0 bridgehead atoms. The van der Waals surface area contributed by atoms with E-state index in [9.17, 15) is 14.4 Å². The maximum Gasteiger partial charge on any atom is 0.516 e. The van der Waals surface area contributed by atoms with Gasteiger partial charge in [0.25, 0.3) is 0 Å². The van der Waals surface area contributed by atoms with E-state index in [1.165, 1.54) is 0 Å². The third kappa shape index (κ3) is 6.97. The first-order valence-corrected chi connectivity index (χ1v) is 11.1. The number of rotatable bonds is 8. The molecule has 1 aromatic carbocycles. The van der Waals surface area contributed by atoms with E-state index < -0.39 is 23.9 Å². The zero-order chi connectivity index (χ0) is 22.9. The van der Waals surface area contributed by atoms with E-state index in [1.807, 2.05) is 27.7 Å². The summed E-state index contributed by atoms with van der Waals surface area (Å²) in [6.45, 7) is 7.82. The Morgan fingerprint density at radius 2 is 1.42 bits per heavy atom. The van der Waals surface area contributed by atoms with Crippen molar-refractivity contribution in [2.24, 2.45) is 17.8 Å². The van der Waals surface area contributed by atoms with E-state index in [4.69, 9.17) is 18.9 Å². The predicted octanol–water partition coefficient (Wildman–Crippen LogP) is 5.61. The maximum absolute atomic E-state index is 13.4. The van der Waals surface area contributed by atoms with Gasteiger partial charge >= 0.3 is 18.3 Å². The van der Waals surface area contributed by atoms with Gasteiger partial charge in [0.1, 0.15) is 0 Å². The Kier molecular flexibility index (Phi) is 9.34. The Morgan fingerprint density at radius 3 is 1.97 bits per heavy atom. The van der Waals surface area contributed by atoms with E-state index in [0.29, 0.717) is 18.4 Å². The lowest BCUT2D eigenvalue weighted by Crippen LogP contribution is -2.49. The zero-order valence-electron chi connectivity index (χ0n) is 18.9. The second-order valence-corrected chi connectivity index (χ2v) is 8.84. The minimum atomic E-state index is -1.79. The number of hydrogen-bond acceptors (Lipinski definition) is 7. The second kappa shape index (κ2) is 11.7. The molecule has 0 radical (unpaired) electrons. The van der Waals surface area contributed by atoms with Crippen LogP contribution in [0.4, 0.5) is 9.59 Å². The van der Waals surface area contributed by atoms with Crippen molar-refractivity contribution in [1.29, 1.82) is 0 Å². The Hall–Kier alpha value is -2.57. The summed E-state index contributed by atoms with van der Waals surface area (Å²) in [5.41, 5.74) is -1.34. The molecular weight excluding hydrogens is 400 g/mol. The molecule has 0 unspecified atom stereocenters. The van der Waals surface area contributed by atoms with Gasteiger partial charge in [-0.15, -0.1) is 0 Å². The number of benzene rings is 1. The molecule has 1 aromatic rings. The topological polar surface area (TPSA) is 88.1 Å². The van der Waals surface area contributed by atoms with E-state index in [1.54, 1.807) is 30.3 Å². The zero-order valence-corrected chi connectivity index (χ0v) is 18.9. The molecule has 0 N–H and O–H groups in total. The highest BCUT2D eigenvalue weighted by atomic mass is 16.8. The second-order valence-electron chi connectivity index (χ2n) is 8.84. The molecule has 0 aliphatic heterocycles. The monoisotopic (exact) mass is 434 g/mol. The van der Waals surface area contributed by atoms with Crippen LogP contribution in [0.25, 0.3) is 0 Å². The van der Waals surface area contributed by atoms with Gasteiger partial charge in [-0.3, -0.25) is 0 Å². The minimum Gasteiger partial charge on any atom is -0.434 e. The lowest BCUT2D eigenvalue weighted by Gasteiger charge is -2.39. The van der Waals surface area contributed by atoms with Gasteiger partial charge in [0, 0.05) is 11.5 Å². The molecule has 7 heteroatoms. The summed E-state index contributed by atoms with van der Waals surface area (Å²) in [7, 11) is 0. The third-order valence-corrected chi connectivity index (χ3v) is 5.18. The summed E-state index contributed by atoms with van der Waals surface area (Å²) in [4.78, 5) is 38.2. The quantitative estimate of drug-likeness (QED) is 0.388. The third-order valence-electron chi connectivity index (χ3n) is 5.18. The summed E-state index contributed by atoms with van der Waals surface area (Å²) in [5.74, 6) is -1.12. The van der Waals surface area contributed by atoms with Crippen molar-refractivity contribution in [2.45, 2.75) is 65.4 Å². The van der Waals surface area contributed by atoms with Crippen LogP contribution in [0.3, 0.4) is 0 Å². The highest BCUT2D eigenvalue weighted by Gasteiger charge is 2.54. The normalized spacial score (nSPS) is 16.5. The molecule has 7 nitrogen and oxygen atoms in total. The smallest absolute Gasteiger partial charge is 0.434 e. The van der Waals surface area contributed by atoms with Gasteiger partial charge in [0.05, 0.1) is 13.2 Å². The van der Waals surface area contributed by atoms with Gasteiger partial charge in [-0.2, -0.15) is 0 Å². The van der Waals surface area contributed by atoms with E-state index in [2.05, 4.69) is 0 Å². The molecule has 1 aliphatic carbocycles.